The van der Waals surface area contributed by atoms with E-state index in [1.165, 1.54) is 83.5 Å². The van der Waals surface area contributed by atoms with Crippen LogP contribution in [0.1, 0.15) is 290 Å². The predicted octanol–water partition coefficient (Wildman–Crippen LogP) is 18.8. The maximum Gasteiger partial charge on any atom is 0.335 e. The van der Waals surface area contributed by atoms with E-state index in [1.54, 1.807) is 0 Å². The van der Waals surface area contributed by atoms with Gasteiger partial charge < -0.3 is 39.0 Å². The first-order valence-electron chi connectivity index (χ1n) is 34.2. The molecule has 0 spiro atoms. The molecule has 1 rings (SSSR count). The number of aliphatic carboxylic acids is 1. The Morgan fingerprint density at radius 1 is 0.400 bits per heavy atom. The van der Waals surface area contributed by atoms with E-state index in [-0.39, 0.29) is 25.9 Å². The molecule has 0 aromatic carbocycles. The number of hydrogen-bond acceptors (Lipinski definition) is 11. The Morgan fingerprint density at radius 2 is 0.741 bits per heavy atom. The van der Waals surface area contributed by atoms with Crippen molar-refractivity contribution in [1.82, 2.24) is 0 Å². The molecule has 6 unspecified atom stereocenters. The third-order valence-corrected chi connectivity index (χ3v) is 15.1. The number of carboxylic acid groups (broad SMARTS) is 1. The fourth-order valence-electron chi connectivity index (χ4n) is 9.89. The molecule has 0 aromatic heterocycles. The van der Waals surface area contributed by atoms with Gasteiger partial charge in [0.15, 0.2) is 24.6 Å². The Morgan fingerprint density at radius 3 is 1.13 bits per heavy atom. The zero-order chi connectivity index (χ0) is 61.7. The number of unbranched alkanes of at least 4 members (excludes halogenated alkanes) is 28. The Bertz CT molecular complexity index is 1840. The molecular formula is C73H122O12. The Kier molecular flexibility index (Phi) is 55.5. The number of carbonyl (C=O) groups excluding carboxylic acids is 3. The summed E-state index contributed by atoms with van der Waals surface area (Å²) in [5, 5.41) is 31.7. The van der Waals surface area contributed by atoms with Crippen LogP contribution < -0.4 is 0 Å². The van der Waals surface area contributed by atoms with E-state index in [4.69, 9.17) is 23.7 Å². The smallest absolute Gasteiger partial charge is 0.335 e. The second-order valence-corrected chi connectivity index (χ2v) is 23.1. The average molecular weight is 1190 g/mol. The van der Waals surface area contributed by atoms with Crippen LogP contribution in [0.15, 0.2) is 97.2 Å². The molecule has 1 fully saturated rings. The number of aliphatic hydroxyl groups excluding tert-OH is 2. The van der Waals surface area contributed by atoms with Gasteiger partial charge in [0.1, 0.15) is 18.8 Å². The van der Waals surface area contributed by atoms with Crippen molar-refractivity contribution in [2.75, 3.05) is 13.2 Å². The van der Waals surface area contributed by atoms with Gasteiger partial charge in [-0.05, 0) is 122 Å². The molecule has 12 heteroatoms. The first-order valence-corrected chi connectivity index (χ1v) is 34.2. The Balaban J connectivity index is 2.66. The first-order chi connectivity index (χ1) is 41.6. The fourth-order valence-corrected chi connectivity index (χ4v) is 9.89. The number of ether oxygens (including phenoxy) is 5. The normalized spacial score (nSPS) is 18.1. The molecular weight excluding hydrogens is 1070 g/mol. The van der Waals surface area contributed by atoms with Crippen molar-refractivity contribution >= 4 is 23.9 Å². The zero-order valence-electron chi connectivity index (χ0n) is 53.8. The monoisotopic (exact) mass is 1190 g/mol. The summed E-state index contributed by atoms with van der Waals surface area (Å²) in [5.74, 6) is -3.15. The summed E-state index contributed by atoms with van der Waals surface area (Å²) in [5.41, 5.74) is 0. The lowest BCUT2D eigenvalue weighted by atomic mass is 9.98. The van der Waals surface area contributed by atoms with Crippen LogP contribution in [0.4, 0.5) is 0 Å². The van der Waals surface area contributed by atoms with Crippen molar-refractivity contribution in [1.29, 1.82) is 0 Å². The topological polar surface area (TPSA) is 175 Å². The molecule has 0 radical (unpaired) electrons. The van der Waals surface area contributed by atoms with E-state index >= 15 is 0 Å². The van der Waals surface area contributed by atoms with Gasteiger partial charge in [-0.1, -0.05) is 246 Å². The van der Waals surface area contributed by atoms with Gasteiger partial charge in [-0.25, -0.2) is 4.79 Å². The lowest BCUT2D eigenvalue weighted by molar-refractivity contribution is -0.301. The molecule has 1 heterocycles. The van der Waals surface area contributed by atoms with Crippen molar-refractivity contribution < 1.29 is 58.2 Å². The van der Waals surface area contributed by atoms with Gasteiger partial charge in [0.05, 0.1) is 6.61 Å². The summed E-state index contributed by atoms with van der Waals surface area (Å²) in [6.07, 6.45) is 67.8. The van der Waals surface area contributed by atoms with Crippen molar-refractivity contribution in [3.05, 3.63) is 97.2 Å². The third kappa shape index (κ3) is 49.3. The number of hydrogen-bond donors (Lipinski definition) is 3. The fraction of sp³-hybridized carbons (Fsp3) is 0.726. The molecule has 0 bridgehead atoms. The highest BCUT2D eigenvalue weighted by Crippen LogP contribution is 2.27. The molecule has 486 valence electrons. The van der Waals surface area contributed by atoms with Gasteiger partial charge in [0, 0.05) is 19.3 Å². The van der Waals surface area contributed by atoms with Crippen LogP contribution in [-0.4, -0.2) is 89.2 Å². The second-order valence-electron chi connectivity index (χ2n) is 23.1. The van der Waals surface area contributed by atoms with Crippen LogP contribution in [0.3, 0.4) is 0 Å². The molecule has 3 N–H and O–H groups in total. The summed E-state index contributed by atoms with van der Waals surface area (Å²) >= 11 is 0. The molecule has 1 saturated heterocycles. The minimum Gasteiger partial charge on any atom is -0.479 e. The Labute approximate surface area is 517 Å². The highest BCUT2D eigenvalue weighted by Gasteiger charge is 2.50. The molecule has 0 aromatic rings. The number of carboxylic acids is 1. The van der Waals surface area contributed by atoms with Gasteiger partial charge in [-0.3, -0.25) is 14.4 Å². The largest absolute Gasteiger partial charge is 0.479 e. The standard InChI is InChI=1S/C73H122O12/c1-4-7-10-13-16-19-22-25-28-31-33-36-38-41-44-47-50-53-56-59-65(74)81-62-64(83-66(75)60-57-54-51-48-45-42-39-35-30-27-24-21-18-15-12-9-6-3)63-82-73-71(69(78)68(77)70(85-73)72(79)80)84-67(76)61-58-55-52-49-46-43-40-37-34-32-29-26-23-20-17-14-11-8-5-2/h7,10,16-21,25-30,33,36,64,68-71,73,77-78H,4-6,8-9,11-15,22-24,31-32,34-35,37-63H2,1-3H3,(H,79,80)/b10-7-,19-16-,20-17-,21-18-,28-25-,29-26-,30-27-,36-33-. The zero-order valence-corrected chi connectivity index (χ0v) is 53.8. The SMILES string of the molecule is CC/C=C\C/C=C\C/C=C\C/C=C\CCCCCCCCC(=O)OCC(COC1OC(C(=O)O)C(O)C(O)C1OC(=O)CCCCCCCCCCC/C=C\C/C=C\CCCCC)OC(=O)CCCCCCCCC/C=C\C/C=C\CCCCC. The number of allylic oxidation sites excluding steroid dienone is 16. The van der Waals surface area contributed by atoms with E-state index in [2.05, 4.69) is 118 Å². The highest BCUT2D eigenvalue weighted by atomic mass is 16.7. The second kappa shape index (κ2) is 59.9. The summed E-state index contributed by atoms with van der Waals surface area (Å²) in [4.78, 5) is 51.5. The lowest BCUT2D eigenvalue weighted by Crippen LogP contribution is -2.61. The Hall–Kier alpha value is -4.36. The van der Waals surface area contributed by atoms with Gasteiger partial charge in [-0.2, -0.15) is 0 Å². The van der Waals surface area contributed by atoms with Crippen LogP contribution >= 0.6 is 0 Å². The number of carbonyl (C=O) groups is 4. The maximum absolute atomic E-state index is 13.2. The summed E-state index contributed by atoms with van der Waals surface area (Å²) in [6, 6.07) is 0. The molecule has 1 aliphatic rings. The number of rotatable bonds is 58. The average Bonchev–Trinajstić information content (AvgIpc) is 3.51. The molecule has 0 amide bonds. The molecule has 85 heavy (non-hydrogen) atoms. The van der Waals surface area contributed by atoms with Crippen LogP contribution in [0.5, 0.6) is 0 Å². The summed E-state index contributed by atoms with van der Waals surface area (Å²) < 4.78 is 28.6. The minimum absolute atomic E-state index is 0.0502. The van der Waals surface area contributed by atoms with Crippen molar-refractivity contribution in [2.45, 2.75) is 327 Å². The predicted molar refractivity (Wildman–Crippen MR) is 349 cm³/mol. The minimum atomic E-state index is -1.91. The third-order valence-electron chi connectivity index (χ3n) is 15.1. The quantitative estimate of drug-likeness (QED) is 0.0228. The first kappa shape index (κ1) is 78.7. The number of esters is 3. The van der Waals surface area contributed by atoms with Gasteiger partial charge >= 0.3 is 23.9 Å². The van der Waals surface area contributed by atoms with Crippen molar-refractivity contribution in [3.8, 4) is 0 Å². The van der Waals surface area contributed by atoms with Crippen LogP contribution in [0.2, 0.25) is 0 Å². The van der Waals surface area contributed by atoms with E-state index in [1.807, 2.05) is 0 Å². The molecule has 0 aliphatic carbocycles. The van der Waals surface area contributed by atoms with Gasteiger partial charge in [0.25, 0.3) is 0 Å². The van der Waals surface area contributed by atoms with E-state index in [0.717, 1.165) is 148 Å². The van der Waals surface area contributed by atoms with Crippen molar-refractivity contribution in [3.63, 3.8) is 0 Å². The highest BCUT2D eigenvalue weighted by molar-refractivity contribution is 5.74. The van der Waals surface area contributed by atoms with E-state index < -0.39 is 67.3 Å². The van der Waals surface area contributed by atoms with E-state index in [0.29, 0.717) is 19.3 Å². The van der Waals surface area contributed by atoms with Gasteiger partial charge in [0.2, 0.25) is 0 Å². The summed E-state index contributed by atoms with van der Waals surface area (Å²) in [7, 11) is 0. The van der Waals surface area contributed by atoms with Gasteiger partial charge in [-0.15, -0.1) is 0 Å². The van der Waals surface area contributed by atoms with Crippen LogP contribution in [0, 0.1) is 0 Å². The molecule has 0 saturated carbocycles. The molecule has 12 nitrogen and oxygen atoms in total. The maximum atomic E-state index is 13.2. The summed E-state index contributed by atoms with van der Waals surface area (Å²) in [6.45, 7) is 5.85. The molecule has 6 atom stereocenters. The molecule has 1 aliphatic heterocycles. The van der Waals surface area contributed by atoms with Crippen molar-refractivity contribution in [2.24, 2.45) is 0 Å². The van der Waals surface area contributed by atoms with E-state index in [9.17, 15) is 34.5 Å². The van der Waals surface area contributed by atoms with Crippen LogP contribution in [0.25, 0.3) is 0 Å². The number of aliphatic hydroxyl groups is 2. The lowest BCUT2D eigenvalue weighted by Gasteiger charge is -2.40. The van der Waals surface area contributed by atoms with Crippen LogP contribution in [-0.2, 0) is 42.9 Å².